The molecule has 0 atom stereocenters. The monoisotopic (exact) mass is 719 g/mol. The zero-order valence-corrected chi connectivity index (χ0v) is 35.4. The van der Waals surface area contributed by atoms with Crippen molar-refractivity contribution in [2.75, 3.05) is 0 Å². The maximum absolute atomic E-state index is 10.9. The SMILES string of the molecule is CC(C)=CCC/C(C)=C/CC/C(C)=C\CC/C(C)=C\CC/C(C)=C/CC/C(C)=C\CC/C(C)=C/CC/C(C)=C/Cc1c(C)c(O)c2ccccc2c1O. The molecule has 0 aliphatic heterocycles. The highest BCUT2D eigenvalue weighted by Crippen LogP contribution is 2.39. The van der Waals surface area contributed by atoms with Crippen molar-refractivity contribution < 1.29 is 10.2 Å². The molecule has 0 saturated carbocycles. The van der Waals surface area contributed by atoms with E-state index in [1.807, 2.05) is 31.2 Å². The Kier molecular flexibility index (Phi) is 21.6. The lowest BCUT2D eigenvalue weighted by Crippen LogP contribution is -1.92. The molecule has 0 heterocycles. The molecule has 2 N–H and O–H groups in total. The van der Waals surface area contributed by atoms with Gasteiger partial charge < -0.3 is 10.2 Å². The number of hydrogen-bond donors (Lipinski definition) is 2. The summed E-state index contributed by atoms with van der Waals surface area (Å²) in [6, 6.07) is 7.50. The number of allylic oxidation sites excluding steroid dienone is 16. The van der Waals surface area contributed by atoms with Crippen molar-refractivity contribution in [3.63, 3.8) is 0 Å². The third kappa shape index (κ3) is 18.7. The first kappa shape index (κ1) is 45.4. The van der Waals surface area contributed by atoms with Crippen LogP contribution in [0.2, 0.25) is 0 Å². The van der Waals surface area contributed by atoms with Gasteiger partial charge in [-0.1, -0.05) is 117 Å². The van der Waals surface area contributed by atoms with Gasteiger partial charge in [-0.2, -0.15) is 0 Å². The quantitative estimate of drug-likeness (QED) is 0.0887. The normalized spacial score (nSPS) is 14.0. The van der Waals surface area contributed by atoms with Crippen LogP contribution in [-0.4, -0.2) is 10.2 Å². The molecule has 2 aromatic rings. The molecule has 0 saturated heterocycles. The third-order valence-corrected chi connectivity index (χ3v) is 10.5. The summed E-state index contributed by atoms with van der Waals surface area (Å²) in [5.74, 6) is 0.549. The molecular formula is C51H74O2. The Bertz CT molecular complexity index is 1690. The van der Waals surface area contributed by atoms with Gasteiger partial charge in [0.2, 0.25) is 0 Å². The number of benzene rings is 2. The van der Waals surface area contributed by atoms with E-state index in [-0.39, 0.29) is 11.5 Å². The summed E-state index contributed by atoms with van der Waals surface area (Å²) in [7, 11) is 0. The Hall–Kier alpha value is -3.78. The highest BCUT2D eigenvalue weighted by Gasteiger charge is 2.14. The van der Waals surface area contributed by atoms with E-state index in [1.165, 1.54) is 63.8 Å². The molecular weight excluding hydrogens is 645 g/mol. The lowest BCUT2D eigenvalue weighted by Gasteiger charge is -2.13. The van der Waals surface area contributed by atoms with Crippen molar-refractivity contribution in [2.24, 2.45) is 0 Å². The molecule has 0 fully saturated rings. The minimum Gasteiger partial charge on any atom is -0.507 e. The highest BCUT2D eigenvalue weighted by molar-refractivity contribution is 5.95. The van der Waals surface area contributed by atoms with Crippen molar-refractivity contribution in [1.29, 1.82) is 0 Å². The van der Waals surface area contributed by atoms with Crippen LogP contribution in [0.4, 0.5) is 0 Å². The van der Waals surface area contributed by atoms with Gasteiger partial charge in [-0.05, 0) is 171 Å². The molecule has 2 aromatic carbocycles. The van der Waals surface area contributed by atoms with Crippen LogP contribution in [0.15, 0.2) is 117 Å². The fourth-order valence-electron chi connectivity index (χ4n) is 6.69. The average molecular weight is 719 g/mol. The fourth-order valence-corrected chi connectivity index (χ4v) is 6.69. The van der Waals surface area contributed by atoms with E-state index in [9.17, 15) is 10.2 Å². The van der Waals surface area contributed by atoms with Gasteiger partial charge in [0.05, 0.1) is 0 Å². The number of hydrogen-bond acceptors (Lipinski definition) is 2. The summed E-state index contributed by atoms with van der Waals surface area (Å²) in [4.78, 5) is 0. The summed E-state index contributed by atoms with van der Waals surface area (Å²) in [5, 5.41) is 23.0. The van der Waals surface area contributed by atoms with E-state index in [0.717, 1.165) is 81.8 Å². The van der Waals surface area contributed by atoms with Gasteiger partial charge in [-0.15, -0.1) is 0 Å². The lowest BCUT2D eigenvalue weighted by atomic mass is 9.95. The van der Waals surface area contributed by atoms with E-state index in [2.05, 4.69) is 111 Å². The summed E-state index contributed by atoms with van der Waals surface area (Å²) in [6.45, 7) is 22.1. The second-order valence-corrected chi connectivity index (χ2v) is 16.0. The number of fused-ring (bicyclic) bond motifs is 1. The summed E-state index contributed by atoms with van der Waals surface area (Å²) in [5.41, 5.74) is 13.3. The molecule has 53 heavy (non-hydrogen) atoms. The van der Waals surface area contributed by atoms with Gasteiger partial charge in [0.1, 0.15) is 11.5 Å². The van der Waals surface area contributed by atoms with Crippen molar-refractivity contribution >= 4 is 10.8 Å². The number of phenols is 2. The second kappa shape index (κ2) is 25.3. The van der Waals surface area contributed by atoms with Gasteiger partial charge in [0.25, 0.3) is 0 Å². The Labute approximate surface area is 325 Å². The number of aromatic hydroxyl groups is 2. The van der Waals surface area contributed by atoms with Crippen molar-refractivity contribution in [2.45, 2.75) is 166 Å². The lowest BCUT2D eigenvalue weighted by molar-refractivity contribution is 0.461. The summed E-state index contributed by atoms with van der Waals surface area (Å²) in [6.07, 6.45) is 35.5. The van der Waals surface area contributed by atoms with Crippen LogP contribution >= 0.6 is 0 Å². The molecule has 2 nitrogen and oxygen atoms in total. The first-order valence-electron chi connectivity index (χ1n) is 20.4. The topological polar surface area (TPSA) is 40.5 Å². The zero-order valence-electron chi connectivity index (χ0n) is 35.4. The summed E-state index contributed by atoms with van der Waals surface area (Å²) < 4.78 is 0. The van der Waals surface area contributed by atoms with E-state index in [4.69, 9.17) is 0 Å². The van der Waals surface area contributed by atoms with Crippen molar-refractivity contribution in [3.05, 3.63) is 129 Å². The third-order valence-electron chi connectivity index (χ3n) is 10.5. The maximum atomic E-state index is 10.9. The van der Waals surface area contributed by atoms with E-state index >= 15 is 0 Å². The Morgan fingerprint density at radius 1 is 0.415 bits per heavy atom. The smallest absolute Gasteiger partial charge is 0.127 e. The van der Waals surface area contributed by atoms with E-state index < -0.39 is 0 Å². The minimum absolute atomic E-state index is 0.267. The number of phenolic OH excluding ortho intramolecular Hbond substituents is 2. The molecule has 2 heteroatoms. The average Bonchev–Trinajstić information content (AvgIpc) is 3.10. The largest absolute Gasteiger partial charge is 0.507 e. The Morgan fingerprint density at radius 2 is 0.698 bits per heavy atom. The molecule has 0 radical (unpaired) electrons. The van der Waals surface area contributed by atoms with Crippen LogP contribution < -0.4 is 0 Å². The standard InChI is InChI=1S/C51H74O2/c1-38(2)20-13-21-39(3)22-14-23-40(4)24-15-25-41(5)26-16-27-42(6)28-17-29-43(7)30-18-31-44(8)32-19-33-45(9)36-37-47-46(10)50(52)48-34-11-12-35-49(48)51(47)53/h11-12,20,22,24,26,28,30,32,34-36,52-53H,13-19,21,23,25,27,29,31,33,37H2,1-10H3/b39-22+,40-24-,41-26-,42-28+,43-30-,44-32+,45-36+. The van der Waals surface area contributed by atoms with Crippen LogP contribution in [0, 0.1) is 6.92 Å². The van der Waals surface area contributed by atoms with Crippen LogP contribution in [0.3, 0.4) is 0 Å². The van der Waals surface area contributed by atoms with Crippen molar-refractivity contribution in [1.82, 2.24) is 0 Å². The second-order valence-electron chi connectivity index (χ2n) is 16.0. The van der Waals surface area contributed by atoms with Gasteiger partial charge in [-0.3, -0.25) is 0 Å². The first-order chi connectivity index (χ1) is 25.3. The van der Waals surface area contributed by atoms with Gasteiger partial charge >= 0.3 is 0 Å². The molecule has 0 amide bonds. The summed E-state index contributed by atoms with van der Waals surface area (Å²) >= 11 is 0. The molecule has 0 spiro atoms. The molecule has 0 aliphatic rings. The van der Waals surface area contributed by atoms with Crippen LogP contribution in [0.5, 0.6) is 11.5 Å². The highest BCUT2D eigenvalue weighted by atomic mass is 16.3. The predicted molar refractivity (Wildman–Crippen MR) is 236 cm³/mol. The Balaban J connectivity index is 1.64. The predicted octanol–water partition coefficient (Wildman–Crippen LogP) is 16.2. The van der Waals surface area contributed by atoms with Gasteiger partial charge in [0.15, 0.2) is 0 Å². The van der Waals surface area contributed by atoms with Crippen molar-refractivity contribution in [3.8, 4) is 11.5 Å². The van der Waals surface area contributed by atoms with Gasteiger partial charge in [0, 0.05) is 16.3 Å². The fraction of sp³-hybridized carbons (Fsp3) is 0.490. The molecule has 2 rings (SSSR count). The van der Waals surface area contributed by atoms with Crippen LogP contribution in [0.25, 0.3) is 10.8 Å². The molecule has 0 aliphatic carbocycles. The number of rotatable bonds is 23. The van der Waals surface area contributed by atoms with E-state index in [1.54, 1.807) is 0 Å². The van der Waals surface area contributed by atoms with Gasteiger partial charge in [-0.25, -0.2) is 0 Å². The Morgan fingerprint density at radius 3 is 1.02 bits per heavy atom. The zero-order chi connectivity index (χ0) is 39.2. The van der Waals surface area contributed by atoms with Crippen LogP contribution in [0.1, 0.15) is 163 Å². The molecule has 290 valence electrons. The maximum Gasteiger partial charge on any atom is 0.127 e. The minimum atomic E-state index is 0.267. The molecule has 0 unspecified atom stereocenters. The first-order valence-corrected chi connectivity index (χ1v) is 20.4. The molecule has 0 aromatic heterocycles. The molecule has 0 bridgehead atoms. The van der Waals surface area contributed by atoms with Crippen LogP contribution in [-0.2, 0) is 6.42 Å². The van der Waals surface area contributed by atoms with E-state index in [0.29, 0.717) is 17.2 Å².